The van der Waals surface area contributed by atoms with E-state index in [1.807, 2.05) is 13.0 Å². The average molecular weight is 278 g/mol. The fourth-order valence-electron chi connectivity index (χ4n) is 2.20. The molecule has 1 aliphatic heterocycles. The van der Waals surface area contributed by atoms with Crippen molar-refractivity contribution in [1.82, 2.24) is 10.2 Å². The van der Waals surface area contributed by atoms with Gasteiger partial charge in [-0.1, -0.05) is 13.8 Å². The number of hydrogen-bond acceptors (Lipinski definition) is 3. The Labute approximate surface area is 119 Å². The van der Waals surface area contributed by atoms with Gasteiger partial charge in [0.2, 0.25) is 11.8 Å². The van der Waals surface area contributed by atoms with Gasteiger partial charge in [0.05, 0.1) is 18.7 Å². The van der Waals surface area contributed by atoms with Gasteiger partial charge in [-0.05, 0) is 25.0 Å². The van der Waals surface area contributed by atoms with Gasteiger partial charge < -0.3 is 14.6 Å². The van der Waals surface area contributed by atoms with Crippen LogP contribution in [0, 0.1) is 11.8 Å². The molecule has 0 unspecified atom stereocenters. The number of likely N-dealkylation sites (tertiary alicyclic amines) is 1. The Kier molecular flexibility index (Phi) is 4.47. The van der Waals surface area contributed by atoms with Gasteiger partial charge in [0.1, 0.15) is 5.76 Å². The Morgan fingerprint density at radius 1 is 1.50 bits per heavy atom. The van der Waals surface area contributed by atoms with E-state index in [9.17, 15) is 9.59 Å². The van der Waals surface area contributed by atoms with Gasteiger partial charge in [0, 0.05) is 19.0 Å². The number of rotatable bonds is 5. The molecule has 2 rings (SSSR count). The predicted molar refractivity (Wildman–Crippen MR) is 74.7 cm³/mol. The van der Waals surface area contributed by atoms with Gasteiger partial charge in [-0.15, -0.1) is 0 Å². The molecule has 0 bridgehead atoms. The zero-order valence-electron chi connectivity index (χ0n) is 12.3. The highest BCUT2D eigenvalue weighted by atomic mass is 16.3. The molecule has 1 aromatic heterocycles. The largest absolute Gasteiger partial charge is 0.467 e. The van der Waals surface area contributed by atoms with Crippen molar-refractivity contribution in [3.63, 3.8) is 0 Å². The molecule has 0 aliphatic carbocycles. The number of furan rings is 1. The first-order valence-electron chi connectivity index (χ1n) is 7.08. The summed E-state index contributed by atoms with van der Waals surface area (Å²) in [6, 6.07) is 3.75. The zero-order chi connectivity index (χ0) is 14.7. The first-order valence-corrected chi connectivity index (χ1v) is 7.08. The van der Waals surface area contributed by atoms with E-state index in [1.54, 1.807) is 17.2 Å². The number of nitrogens with one attached hydrogen (secondary N) is 1. The van der Waals surface area contributed by atoms with Crippen LogP contribution in [0.3, 0.4) is 0 Å². The van der Waals surface area contributed by atoms with E-state index in [4.69, 9.17) is 4.42 Å². The third kappa shape index (κ3) is 3.40. The van der Waals surface area contributed by atoms with Crippen molar-refractivity contribution in [2.24, 2.45) is 11.8 Å². The van der Waals surface area contributed by atoms with E-state index in [-0.39, 0.29) is 30.2 Å². The summed E-state index contributed by atoms with van der Waals surface area (Å²) in [4.78, 5) is 25.8. The Morgan fingerprint density at radius 3 is 2.85 bits per heavy atom. The summed E-state index contributed by atoms with van der Waals surface area (Å²) in [6.07, 6.45) is 1.88. The van der Waals surface area contributed by atoms with Crippen molar-refractivity contribution >= 4 is 11.8 Å². The minimum atomic E-state index is -0.251. The fourth-order valence-corrected chi connectivity index (χ4v) is 2.20. The van der Waals surface area contributed by atoms with E-state index in [0.717, 1.165) is 5.76 Å². The first-order chi connectivity index (χ1) is 9.47. The van der Waals surface area contributed by atoms with Crippen LogP contribution in [0.4, 0.5) is 0 Å². The highest BCUT2D eigenvalue weighted by Crippen LogP contribution is 2.21. The third-order valence-electron chi connectivity index (χ3n) is 3.88. The van der Waals surface area contributed by atoms with Gasteiger partial charge >= 0.3 is 0 Å². The number of carbonyl (C=O) groups is 2. The van der Waals surface area contributed by atoms with Crippen LogP contribution in [0.15, 0.2) is 22.8 Å². The molecule has 2 heterocycles. The lowest BCUT2D eigenvalue weighted by Gasteiger charge is -2.20. The maximum absolute atomic E-state index is 12.1. The lowest BCUT2D eigenvalue weighted by atomic mass is 10.0. The molecule has 1 aliphatic rings. The second-order valence-corrected chi connectivity index (χ2v) is 5.80. The maximum atomic E-state index is 12.1. The molecule has 2 amide bonds. The van der Waals surface area contributed by atoms with Crippen LogP contribution < -0.4 is 5.32 Å². The van der Waals surface area contributed by atoms with Gasteiger partial charge in [-0.2, -0.15) is 0 Å². The third-order valence-corrected chi connectivity index (χ3v) is 3.88. The minimum absolute atomic E-state index is 0.0127. The van der Waals surface area contributed by atoms with Gasteiger partial charge in [-0.25, -0.2) is 0 Å². The molecule has 1 aromatic rings. The molecule has 5 heteroatoms. The molecule has 0 aromatic carbocycles. The molecule has 110 valence electrons. The van der Waals surface area contributed by atoms with E-state index < -0.39 is 0 Å². The zero-order valence-corrected chi connectivity index (χ0v) is 12.3. The summed E-state index contributed by atoms with van der Waals surface area (Å²) in [5.41, 5.74) is 0. The molecule has 2 atom stereocenters. The smallest absolute Gasteiger partial charge is 0.225 e. The number of amides is 2. The van der Waals surface area contributed by atoms with Crippen LogP contribution in [0.5, 0.6) is 0 Å². The highest BCUT2D eigenvalue weighted by molar-refractivity contribution is 5.89. The van der Waals surface area contributed by atoms with Crippen LogP contribution >= 0.6 is 0 Å². The molecule has 20 heavy (non-hydrogen) atoms. The molecule has 1 saturated heterocycles. The van der Waals surface area contributed by atoms with E-state index in [2.05, 4.69) is 19.2 Å². The SMILES string of the molecule is CC(C)[C@@H](C)NC(=O)[C@H]1CC(=O)N(Cc2ccco2)C1. The Hall–Kier alpha value is -1.78. The molecule has 0 spiro atoms. The predicted octanol–water partition coefficient (Wildman–Crippen LogP) is 1.79. The summed E-state index contributed by atoms with van der Waals surface area (Å²) in [6.45, 7) is 7.02. The van der Waals surface area contributed by atoms with E-state index >= 15 is 0 Å². The summed E-state index contributed by atoms with van der Waals surface area (Å²) in [5.74, 6) is 0.865. The monoisotopic (exact) mass is 278 g/mol. The molecule has 5 nitrogen and oxygen atoms in total. The second kappa shape index (κ2) is 6.11. The Bertz CT molecular complexity index is 467. The van der Waals surface area contributed by atoms with Crippen molar-refractivity contribution in [2.45, 2.75) is 39.8 Å². The van der Waals surface area contributed by atoms with Crippen LogP contribution in [0.2, 0.25) is 0 Å². The summed E-state index contributed by atoms with van der Waals surface area (Å²) in [7, 11) is 0. The minimum Gasteiger partial charge on any atom is -0.467 e. The quantitative estimate of drug-likeness (QED) is 0.893. The van der Waals surface area contributed by atoms with Gasteiger partial charge in [0.25, 0.3) is 0 Å². The number of nitrogens with zero attached hydrogens (tertiary/aromatic N) is 1. The lowest BCUT2D eigenvalue weighted by molar-refractivity contribution is -0.129. The molecule has 0 radical (unpaired) electrons. The summed E-state index contributed by atoms with van der Waals surface area (Å²) in [5, 5.41) is 2.98. The molecule has 1 N–H and O–H groups in total. The summed E-state index contributed by atoms with van der Waals surface area (Å²) < 4.78 is 5.24. The van der Waals surface area contributed by atoms with E-state index in [1.165, 1.54) is 0 Å². The van der Waals surface area contributed by atoms with Crippen molar-refractivity contribution < 1.29 is 14.0 Å². The topological polar surface area (TPSA) is 62.6 Å². The standard InChI is InChI=1S/C15H22N2O3/c1-10(2)11(3)16-15(19)12-7-14(18)17(8-12)9-13-5-4-6-20-13/h4-6,10-12H,7-9H2,1-3H3,(H,16,19)/t11-,12+/m1/s1. The van der Waals surface area contributed by atoms with Crippen LogP contribution in [0.25, 0.3) is 0 Å². The molecular formula is C15H22N2O3. The van der Waals surface area contributed by atoms with Crippen molar-refractivity contribution in [3.8, 4) is 0 Å². The second-order valence-electron chi connectivity index (χ2n) is 5.80. The maximum Gasteiger partial charge on any atom is 0.225 e. The molecule has 1 fully saturated rings. The number of hydrogen-bond donors (Lipinski definition) is 1. The van der Waals surface area contributed by atoms with Crippen molar-refractivity contribution in [3.05, 3.63) is 24.2 Å². The Morgan fingerprint density at radius 2 is 2.25 bits per heavy atom. The van der Waals surface area contributed by atoms with Crippen LogP contribution in [-0.4, -0.2) is 29.3 Å². The molecular weight excluding hydrogens is 256 g/mol. The molecule has 0 saturated carbocycles. The van der Waals surface area contributed by atoms with Crippen LogP contribution in [-0.2, 0) is 16.1 Å². The Balaban J connectivity index is 1.89. The van der Waals surface area contributed by atoms with E-state index in [0.29, 0.717) is 19.0 Å². The van der Waals surface area contributed by atoms with Gasteiger partial charge in [-0.3, -0.25) is 9.59 Å². The lowest BCUT2D eigenvalue weighted by Crippen LogP contribution is -2.40. The summed E-state index contributed by atoms with van der Waals surface area (Å²) >= 11 is 0. The normalized spacial score (nSPS) is 20.5. The highest BCUT2D eigenvalue weighted by Gasteiger charge is 2.35. The first kappa shape index (κ1) is 14.6. The van der Waals surface area contributed by atoms with Crippen LogP contribution in [0.1, 0.15) is 33.0 Å². The average Bonchev–Trinajstić information content (AvgIpc) is 3.00. The van der Waals surface area contributed by atoms with Gasteiger partial charge in [0.15, 0.2) is 0 Å². The fraction of sp³-hybridized carbons (Fsp3) is 0.600. The number of carbonyl (C=O) groups excluding carboxylic acids is 2. The van der Waals surface area contributed by atoms with Crippen molar-refractivity contribution in [1.29, 1.82) is 0 Å². The van der Waals surface area contributed by atoms with Crippen molar-refractivity contribution in [2.75, 3.05) is 6.54 Å².